The van der Waals surface area contributed by atoms with E-state index >= 15 is 0 Å². The van der Waals surface area contributed by atoms with Crippen molar-refractivity contribution < 1.29 is 9.53 Å². The Bertz CT molecular complexity index is 663. The lowest BCUT2D eigenvalue weighted by Gasteiger charge is -2.26. The smallest absolute Gasteiger partial charge is 0.164 e. The number of hydrogen-bond donors (Lipinski definition) is 1. The quantitative estimate of drug-likeness (QED) is 0.860. The first-order valence-electron chi connectivity index (χ1n) is 7.81. The van der Waals surface area contributed by atoms with Crippen LogP contribution in [-0.4, -0.2) is 50.5 Å². The minimum Gasteiger partial charge on any atom is -0.496 e. The van der Waals surface area contributed by atoms with Crippen LogP contribution < -0.4 is 10.1 Å². The maximum atomic E-state index is 12.6. The van der Waals surface area contributed by atoms with Gasteiger partial charge in [-0.05, 0) is 17.5 Å². The van der Waals surface area contributed by atoms with E-state index in [1.807, 2.05) is 36.4 Å². The van der Waals surface area contributed by atoms with E-state index in [-0.39, 0.29) is 5.78 Å². The summed E-state index contributed by atoms with van der Waals surface area (Å²) in [7, 11) is 1.66. The number of ketones is 1. The number of methoxy groups -OCH3 is 1. The van der Waals surface area contributed by atoms with Crippen LogP contribution in [0, 0.1) is 0 Å². The Morgan fingerprint density at radius 2 is 1.86 bits per heavy atom. The molecule has 1 aliphatic heterocycles. The number of hydrogen-bond acceptors (Lipinski definition) is 4. The van der Waals surface area contributed by atoms with Crippen molar-refractivity contribution >= 4 is 16.6 Å². The molecule has 3 rings (SSSR count). The number of benzene rings is 2. The van der Waals surface area contributed by atoms with Gasteiger partial charge in [0.05, 0.1) is 7.11 Å². The van der Waals surface area contributed by atoms with E-state index in [0.717, 1.165) is 54.8 Å². The summed E-state index contributed by atoms with van der Waals surface area (Å²) in [6.07, 6.45) is 0.566. The van der Waals surface area contributed by atoms with Crippen molar-refractivity contribution in [1.82, 2.24) is 10.2 Å². The molecule has 1 N–H and O–H groups in total. The van der Waals surface area contributed by atoms with Gasteiger partial charge in [-0.1, -0.05) is 24.3 Å². The highest BCUT2D eigenvalue weighted by Gasteiger charge is 2.15. The third kappa shape index (κ3) is 3.13. The molecule has 0 radical (unpaired) electrons. The predicted molar refractivity (Wildman–Crippen MR) is 88.8 cm³/mol. The van der Waals surface area contributed by atoms with E-state index in [1.165, 1.54) is 0 Å². The number of piperazine rings is 1. The summed E-state index contributed by atoms with van der Waals surface area (Å²) in [4.78, 5) is 15.0. The molecule has 0 saturated carbocycles. The lowest BCUT2D eigenvalue weighted by molar-refractivity contribution is 0.0962. The summed E-state index contributed by atoms with van der Waals surface area (Å²) >= 11 is 0. The molecule has 116 valence electrons. The first-order valence-corrected chi connectivity index (χ1v) is 7.81. The van der Waals surface area contributed by atoms with Crippen molar-refractivity contribution in [2.24, 2.45) is 0 Å². The van der Waals surface area contributed by atoms with Gasteiger partial charge in [0.2, 0.25) is 0 Å². The molecule has 0 atom stereocenters. The fraction of sp³-hybridized carbons (Fsp3) is 0.389. The first-order chi connectivity index (χ1) is 10.8. The normalized spacial score (nSPS) is 15.9. The molecule has 4 heteroatoms. The Balaban J connectivity index is 1.79. The molecule has 4 nitrogen and oxygen atoms in total. The van der Waals surface area contributed by atoms with Gasteiger partial charge in [-0.3, -0.25) is 4.79 Å². The van der Waals surface area contributed by atoms with Crippen molar-refractivity contribution in [3.8, 4) is 5.75 Å². The van der Waals surface area contributed by atoms with Crippen molar-refractivity contribution in [2.75, 3.05) is 39.8 Å². The molecule has 0 spiro atoms. The SMILES string of the molecule is COc1ccc(C(=O)CCN2CCNCC2)c2ccccc12. The van der Waals surface area contributed by atoms with E-state index in [4.69, 9.17) is 4.74 Å². The van der Waals surface area contributed by atoms with Gasteiger partial charge in [0.25, 0.3) is 0 Å². The van der Waals surface area contributed by atoms with Crippen LogP contribution in [-0.2, 0) is 0 Å². The van der Waals surface area contributed by atoms with Crippen LogP contribution in [0.4, 0.5) is 0 Å². The Labute approximate surface area is 131 Å². The average molecular weight is 298 g/mol. The van der Waals surface area contributed by atoms with E-state index in [0.29, 0.717) is 6.42 Å². The summed E-state index contributed by atoms with van der Waals surface area (Å²) in [5, 5.41) is 5.31. The van der Waals surface area contributed by atoms with Crippen LogP contribution in [0.2, 0.25) is 0 Å². The van der Waals surface area contributed by atoms with Crippen molar-refractivity contribution in [1.29, 1.82) is 0 Å². The first kappa shape index (κ1) is 15.0. The van der Waals surface area contributed by atoms with Gasteiger partial charge in [0.1, 0.15) is 5.75 Å². The number of rotatable bonds is 5. The Kier molecular flexibility index (Phi) is 4.71. The summed E-state index contributed by atoms with van der Waals surface area (Å²) in [5.41, 5.74) is 0.798. The van der Waals surface area contributed by atoms with E-state index in [1.54, 1.807) is 7.11 Å². The zero-order valence-corrected chi connectivity index (χ0v) is 13.0. The minimum absolute atomic E-state index is 0.206. The van der Waals surface area contributed by atoms with Crippen LogP contribution in [0.15, 0.2) is 36.4 Å². The molecule has 0 amide bonds. The molecule has 2 aromatic carbocycles. The molecule has 0 aromatic heterocycles. The number of ether oxygens (including phenoxy) is 1. The summed E-state index contributed by atoms with van der Waals surface area (Å²) in [6, 6.07) is 11.7. The molecule has 1 saturated heterocycles. The highest BCUT2D eigenvalue weighted by Crippen LogP contribution is 2.29. The fourth-order valence-corrected chi connectivity index (χ4v) is 3.02. The number of carbonyl (C=O) groups excluding carboxylic acids is 1. The average Bonchev–Trinajstić information content (AvgIpc) is 2.59. The summed E-state index contributed by atoms with van der Waals surface area (Å²) in [6.45, 7) is 4.91. The van der Waals surface area contributed by atoms with Gasteiger partial charge in [0.15, 0.2) is 5.78 Å². The fourth-order valence-electron chi connectivity index (χ4n) is 3.02. The van der Waals surface area contributed by atoms with Gasteiger partial charge < -0.3 is 15.0 Å². The summed E-state index contributed by atoms with van der Waals surface area (Å²) < 4.78 is 5.39. The van der Waals surface area contributed by atoms with Crippen molar-refractivity contribution in [3.63, 3.8) is 0 Å². The van der Waals surface area contributed by atoms with Crippen LogP contribution in [0.5, 0.6) is 5.75 Å². The second-order valence-electron chi connectivity index (χ2n) is 5.63. The van der Waals surface area contributed by atoms with Gasteiger partial charge in [0, 0.05) is 50.1 Å². The molecule has 1 heterocycles. The minimum atomic E-state index is 0.206. The van der Waals surface area contributed by atoms with Crippen LogP contribution in [0.1, 0.15) is 16.8 Å². The molecule has 2 aromatic rings. The highest BCUT2D eigenvalue weighted by molar-refractivity contribution is 6.09. The lowest BCUT2D eigenvalue weighted by Crippen LogP contribution is -2.44. The molecule has 22 heavy (non-hydrogen) atoms. The van der Waals surface area contributed by atoms with Gasteiger partial charge in [-0.15, -0.1) is 0 Å². The van der Waals surface area contributed by atoms with Crippen molar-refractivity contribution in [2.45, 2.75) is 6.42 Å². The summed E-state index contributed by atoms with van der Waals surface area (Å²) in [5.74, 6) is 1.02. The second-order valence-corrected chi connectivity index (χ2v) is 5.63. The predicted octanol–water partition coefficient (Wildman–Crippen LogP) is 2.33. The molecule has 1 aliphatic rings. The maximum absolute atomic E-state index is 12.6. The molecule has 0 bridgehead atoms. The zero-order chi connectivity index (χ0) is 15.4. The highest BCUT2D eigenvalue weighted by atomic mass is 16.5. The number of fused-ring (bicyclic) bond motifs is 1. The standard InChI is InChI=1S/C18H22N2O2/c1-22-18-7-6-15(14-4-2-3-5-16(14)18)17(21)8-11-20-12-9-19-10-13-20/h2-7,19H,8-13H2,1H3. The van der Waals surface area contributed by atoms with E-state index in [2.05, 4.69) is 10.2 Å². The Hall–Kier alpha value is -1.91. The second kappa shape index (κ2) is 6.90. The van der Waals surface area contributed by atoms with Crippen LogP contribution in [0.25, 0.3) is 10.8 Å². The van der Waals surface area contributed by atoms with E-state index in [9.17, 15) is 4.79 Å². The van der Waals surface area contributed by atoms with Crippen LogP contribution >= 0.6 is 0 Å². The third-order valence-corrected chi connectivity index (χ3v) is 4.27. The van der Waals surface area contributed by atoms with Crippen molar-refractivity contribution in [3.05, 3.63) is 42.0 Å². The topological polar surface area (TPSA) is 41.6 Å². The molecule has 0 unspecified atom stereocenters. The Morgan fingerprint density at radius 1 is 1.14 bits per heavy atom. The molecule has 1 fully saturated rings. The van der Waals surface area contributed by atoms with Gasteiger partial charge in [-0.25, -0.2) is 0 Å². The van der Waals surface area contributed by atoms with Gasteiger partial charge >= 0.3 is 0 Å². The number of nitrogens with zero attached hydrogens (tertiary/aromatic N) is 1. The molecule has 0 aliphatic carbocycles. The molecular weight excluding hydrogens is 276 g/mol. The largest absolute Gasteiger partial charge is 0.496 e. The lowest BCUT2D eigenvalue weighted by atomic mass is 9.99. The van der Waals surface area contributed by atoms with Crippen LogP contribution in [0.3, 0.4) is 0 Å². The molecular formula is C18H22N2O2. The zero-order valence-electron chi connectivity index (χ0n) is 13.0. The maximum Gasteiger partial charge on any atom is 0.164 e. The van der Waals surface area contributed by atoms with E-state index < -0.39 is 0 Å². The number of nitrogens with one attached hydrogen (secondary N) is 1. The van der Waals surface area contributed by atoms with Gasteiger partial charge in [-0.2, -0.15) is 0 Å². The number of Topliss-reactive ketones (excluding diaryl/α,β-unsaturated/α-hetero) is 1. The Morgan fingerprint density at radius 3 is 2.59 bits per heavy atom. The third-order valence-electron chi connectivity index (χ3n) is 4.27. The monoisotopic (exact) mass is 298 g/mol. The number of carbonyl (C=O) groups is 1.